The summed E-state index contributed by atoms with van der Waals surface area (Å²) in [6.45, 7) is 2.88. The van der Waals surface area contributed by atoms with E-state index in [1.807, 2.05) is 31.2 Å². The molecule has 5 heteroatoms. The van der Waals surface area contributed by atoms with Crippen molar-refractivity contribution in [2.75, 3.05) is 18.1 Å². The smallest absolute Gasteiger partial charge is 0.227 e. The Morgan fingerprint density at radius 2 is 2.11 bits per heavy atom. The fourth-order valence-electron chi connectivity index (χ4n) is 2.04. The molecule has 0 aromatic heterocycles. The maximum Gasteiger partial charge on any atom is 0.227 e. The van der Waals surface area contributed by atoms with Gasteiger partial charge in [0.25, 0.3) is 0 Å². The van der Waals surface area contributed by atoms with Gasteiger partial charge in [-0.1, -0.05) is 0 Å². The molecule has 1 fully saturated rings. The lowest BCUT2D eigenvalue weighted by atomic mass is 10.1. The Hall–Kier alpha value is -2.04. The van der Waals surface area contributed by atoms with E-state index in [2.05, 4.69) is 0 Å². The van der Waals surface area contributed by atoms with Crippen LogP contribution < -0.4 is 15.4 Å². The van der Waals surface area contributed by atoms with E-state index in [4.69, 9.17) is 10.5 Å². The van der Waals surface area contributed by atoms with Crippen LogP contribution in [0.15, 0.2) is 24.3 Å². The average molecular weight is 248 g/mol. The number of nitrogens with zero attached hydrogens (tertiary/aromatic N) is 1. The third kappa shape index (κ3) is 2.45. The lowest BCUT2D eigenvalue weighted by Crippen LogP contribution is -2.28. The highest BCUT2D eigenvalue weighted by Crippen LogP contribution is 2.26. The van der Waals surface area contributed by atoms with Crippen LogP contribution in [0.5, 0.6) is 5.75 Å². The largest absolute Gasteiger partial charge is 0.494 e. The second-order valence-corrected chi connectivity index (χ2v) is 4.23. The number of nitrogens with two attached hydrogens (primary N) is 1. The zero-order chi connectivity index (χ0) is 13.1. The Morgan fingerprint density at radius 1 is 1.44 bits per heavy atom. The molecule has 1 atom stereocenters. The van der Waals surface area contributed by atoms with Gasteiger partial charge >= 0.3 is 0 Å². The van der Waals surface area contributed by atoms with E-state index in [-0.39, 0.29) is 18.2 Å². The summed E-state index contributed by atoms with van der Waals surface area (Å²) >= 11 is 0. The van der Waals surface area contributed by atoms with Crippen molar-refractivity contribution in [3.8, 4) is 5.75 Å². The zero-order valence-corrected chi connectivity index (χ0v) is 10.3. The highest BCUT2D eigenvalue weighted by Gasteiger charge is 2.33. The number of primary amides is 1. The van der Waals surface area contributed by atoms with Crippen molar-refractivity contribution < 1.29 is 14.3 Å². The highest BCUT2D eigenvalue weighted by molar-refractivity contribution is 6.00. The third-order valence-corrected chi connectivity index (χ3v) is 2.99. The topological polar surface area (TPSA) is 72.6 Å². The van der Waals surface area contributed by atoms with E-state index in [0.717, 1.165) is 11.4 Å². The SMILES string of the molecule is CCOc1ccc(N2CC(C(N)=O)CC2=O)cc1. The van der Waals surface area contributed by atoms with E-state index in [9.17, 15) is 9.59 Å². The van der Waals surface area contributed by atoms with Gasteiger partial charge in [-0.3, -0.25) is 9.59 Å². The van der Waals surface area contributed by atoms with Crippen LogP contribution in [0.3, 0.4) is 0 Å². The highest BCUT2D eigenvalue weighted by atomic mass is 16.5. The molecule has 1 aromatic carbocycles. The Morgan fingerprint density at radius 3 is 2.61 bits per heavy atom. The van der Waals surface area contributed by atoms with Gasteiger partial charge in [-0.25, -0.2) is 0 Å². The minimum atomic E-state index is -0.420. The standard InChI is InChI=1S/C13H16N2O3/c1-2-18-11-5-3-10(4-6-11)15-8-9(13(14)17)7-12(15)16/h3-6,9H,2,7-8H2,1H3,(H2,14,17). The van der Waals surface area contributed by atoms with Gasteiger partial charge < -0.3 is 15.4 Å². The summed E-state index contributed by atoms with van der Waals surface area (Å²) in [5, 5.41) is 0. The van der Waals surface area contributed by atoms with E-state index in [1.54, 1.807) is 4.90 Å². The Labute approximate surface area is 106 Å². The molecule has 2 amide bonds. The molecule has 1 heterocycles. The number of hydrogen-bond acceptors (Lipinski definition) is 3. The van der Waals surface area contributed by atoms with Crippen LogP contribution in [-0.4, -0.2) is 25.0 Å². The Kier molecular flexibility index (Phi) is 3.50. The number of carbonyl (C=O) groups excluding carboxylic acids is 2. The van der Waals surface area contributed by atoms with Gasteiger partial charge in [-0.15, -0.1) is 0 Å². The number of ether oxygens (including phenoxy) is 1. The number of amides is 2. The molecule has 5 nitrogen and oxygen atoms in total. The fraction of sp³-hybridized carbons (Fsp3) is 0.385. The van der Waals surface area contributed by atoms with Crippen LogP contribution in [0.2, 0.25) is 0 Å². The molecule has 0 saturated carbocycles. The predicted octanol–water partition coefficient (Wildman–Crippen LogP) is 0.923. The first-order chi connectivity index (χ1) is 8.61. The van der Waals surface area contributed by atoms with E-state index >= 15 is 0 Å². The summed E-state index contributed by atoms with van der Waals surface area (Å²) in [6.07, 6.45) is 0.197. The molecule has 18 heavy (non-hydrogen) atoms. The summed E-state index contributed by atoms with van der Waals surface area (Å²) < 4.78 is 5.33. The lowest BCUT2D eigenvalue weighted by molar-refractivity contribution is -0.123. The molecule has 0 spiro atoms. The number of benzene rings is 1. The van der Waals surface area contributed by atoms with Crippen LogP contribution in [0.4, 0.5) is 5.69 Å². The molecule has 1 aromatic rings. The first-order valence-electron chi connectivity index (χ1n) is 5.94. The summed E-state index contributed by atoms with van der Waals surface area (Å²) in [5.41, 5.74) is 6.00. The number of hydrogen-bond donors (Lipinski definition) is 1. The Bertz CT molecular complexity index is 456. The lowest BCUT2D eigenvalue weighted by Gasteiger charge is -2.16. The van der Waals surface area contributed by atoms with Gasteiger partial charge in [0.2, 0.25) is 11.8 Å². The van der Waals surface area contributed by atoms with E-state index < -0.39 is 5.91 Å². The monoisotopic (exact) mass is 248 g/mol. The maximum absolute atomic E-state index is 11.8. The van der Waals surface area contributed by atoms with E-state index in [0.29, 0.717) is 13.2 Å². The van der Waals surface area contributed by atoms with Gasteiger partial charge in [-0.05, 0) is 31.2 Å². The second kappa shape index (κ2) is 5.08. The second-order valence-electron chi connectivity index (χ2n) is 4.23. The minimum absolute atomic E-state index is 0.0667. The van der Waals surface area contributed by atoms with Gasteiger partial charge in [-0.2, -0.15) is 0 Å². The average Bonchev–Trinajstić information content (AvgIpc) is 2.73. The van der Waals surface area contributed by atoms with Crippen molar-refractivity contribution in [2.24, 2.45) is 11.7 Å². The summed E-state index contributed by atoms with van der Waals surface area (Å²) in [7, 11) is 0. The van der Waals surface area contributed by atoms with Crippen molar-refractivity contribution in [1.29, 1.82) is 0 Å². The van der Waals surface area contributed by atoms with Gasteiger partial charge in [0, 0.05) is 18.7 Å². The van der Waals surface area contributed by atoms with Crippen LogP contribution in [0, 0.1) is 5.92 Å². The van der Waals surface area contributed by atoms with Gasteiger partial charge in [0.05, 0.1) is 12.5 Å². The van der Waals surface area contributed by atoms with Crippen LogP contribution in [0.25, 0.3) is 0 Å². The molecule has 2 N–H and O–H groups in total. The summed E-state index contributed by atoms with van der Waals surface area (Å²) in [6, 6.07) is 7.24. The van der Waals surface area contributed by atoms with Crippen molar-refractivity contribution in [3.05, 3.63) is 24.3 Å². The van der Waals surface area contributed by atoms with Crippen LogP contribution >= 0.6 is 0 Å². The summed E-state index contributed by atoms with van der Waals surface area (Å²) in [4.78, 5) is 24.5. The minimum Gasteiger partial charge on any atom is -0.494 e. The molecule has 0 bridgehead atoms. The molecule has 1 unspecified atom stereocenters. The molecule has 0 aliphatic carbocycles. The molecule has 1 aliphatic rings. The Balaban J connectivity index is 2.12. The van der Waals surface area contributed by atoms with E-state index in [1.165, 1.54) is 0 Å². The van der Waals surface area contributed by atoms with Crippen LogP contribution in [-0.2, 0) is 9.59 Å². The predicted molar refractivity (Wildman–Crippen MR) is 67.3 cm³/mol. The molecular formula is C13H16N2O3. The molecule has 96 valence electrons. The van der Waals surface area contributed by atoms with Crippen molar-refractivity contribution in [1.82, 2.24) is 0 Å². The normalized spacial score (nSPS) is 19.1. The first-order valence-corrected chi connectivity index (χ1v) is 5.94. The maximum atomic E-state index is 11.8. The van der Waals surface area contributed by atoms with Crippen LogP contribution in [0.1, 0.15) is 13.3 Å². The van der Waals surface area contributed by atoms with Crippen molar-refractivity contribution >= 4 is 17.5 Å². The zero-order valence-electron chi connectivity index (χ0n) is 10.3. The molecule has 1 aliphatic heterocycles. The van der Waals surface area contributed by atoms with Gasteiger partial charge in [0.15, 0.2) is 0 Å². The molecular weight excluding hydrogens is 232 g/mol. The molecule has 2 rings (SSSR count). The third-order valence-electron chi connectivity index (χ3n) is 2.99. The summed E-state index contributed by atoms with van der Waals surface area (Å²) in [5.74, 6) is -0.108. The molecule has 1 saturated heterocycles. The number of carbonyl (C=O) groups is 2. The number of rotatable bonds is 4. The molecule has 0 radical (unpaired) electrons. The van der Waals surface area contributed by atoms with Crippen molar-refractivity contribution in [2.45, 2.75) is 13.3 Å². The fourth-order valence-corrected chi connectivity index (χ4v) is 2.04. The van der Waals surface area contributed by atoms with Crippen molar-refractivity contribution in [3.63, 3.8) is 0 Å². The first kappa shape index (κ1) is 12.4. The number of anilines is 1. The quantitative estimate of drug-likeness (QED) is 0.861. The van der Waals surface area contributed by atoms with Gasteiger partial charge in [0.1, 0.15) is 5.75 Å².